The Balaban J connectivity index is 2.04. The van der Waals surface area contributed by atoms with Gasteiger partial charge >= 0.3 is 0 Å². The molecule has 0 amide bonds. The Morgan fingerprint density at radius 2 is 2.10 bits per heavy atom. The van der Waals surface area contributed by atoms with Crippen molar-refractivity contribution in [1.29, 1.82) is 0 Å². The van der Waals surface area contributed by atoms with Crippen molar-refractivity contribution in [3.05, 3.63) is 41.2 Å². The number of anilines is 1. The van der Waals surface area contributed by atoms with Crippen LogP contribution in [0.2, 0.25) is 5.02 Å². The molecule has 1 heterocycles. The zero-order chi connectivity index (χ0) is 14.8. The molecule has 0 aliphatic heterocycles. The molecule has 1 N–H and O–H groups in total. The number of hydrogen-bond donors (Lipinski definition) is 1. The smallest absolute Gasteiger partial charge is 0.139 e. The number of ether oxygens (including phenoxy) is 1. The van der Waals surface area contributed by atoms with E-state index in [1.807, 2.05) is 29.1 Å². The minimum absolute atomic E-state index is 0.00173. The summed E-state index contributed by atoms with van der Waals surface area (Å²) >= 11 is 6.00. The first kappa shape index (κ1) is 14.7. The molecule has 5 heteroatoms. The van der Waals surface area contributed by atoms with Crippen LogP contribution in [0.4, 0.5) is 5.69 Å². The van der Waals surface area contributed by atoms with Crippen molar-refractivity contribution < 1.29 is 4.74 Å². The highest BCUT2D eigenvalue weighted by Gasteiger charge is 2.13. The molecule has 1 aromatic carbocycles. The summed E-state index contributed by atoms with van der Waals surface area (Å²) < 4.78 is 7.16. The van der Waals surface area contributed by atoms with E-state index in [9.17, 15) is 0 Å². The van der Waals surface area contributed by atoms with Crippen molar-refractivity contribution in [2.75, 3.05) is 12.4 Å². The first-order valence-corrected chi connectivity index (χ1v) is 6.89. The van der Waals surface area contributed by atoms with E-state index in [1.165, 1.54) is 0 Å². The van der Waals surface area contributed by atoms with E-state index in [0.717, 1.165) is 11.3 Å². The fraction of sp³-hybridized carbons (Fsp3) is 0.400. The topological polar surface area (TPSA) is 39.1 Å². The summed E-state index contributed by atoms with van der Waals surface area (Å²) in [6.45, 7) is 7.09. The quantitative estimate of drug-likeness (QED) is 0.929. The number of halogens is 1. The van der Waals surface area contributed by atoms with Gasteiger partial charge in [0.1, 0.15) is 5.75 Å². The third kappa shape index (κ3) is 3.45. The Labute approximate surface area is 124 Å². The first-order chi connectivity index (χ1) is 9.40. The number of rotatable bonds is 4. The maximum Gasteiger partial charge on any atom is 0.139 e. The molecule has 1 aromatic heterocycles. The van der Waals surface area contributed by atoms with Crippen LogP contribution in [0.25, 0.3) is 0 Å². The number of hydrogen-bond acceptors (Lipinski definition) is 3. The van der Waals surface area contributed by atoms with Crippen molar-refractivity contribution in [3.8, 4) is 5.75 Å². The second kappa shape index (κ2) is 5.75. The lowest BCUT2D eigenvalue weighted by Gasteiger charge is -2.18. The highest BCUT2D eigenvalue weighted by Crippen LogP contribution is 2.27. The van der Waals surface area contributed by atoms with Crippen molar-refractivity contribution >= 4 is 17.3 Å². The van der Waals surface area contributed by atoms with Gasteiger partial charge in [-0.15, -0.1) is 0 Å². The standard InChI is InChI=1S/C15H20ClN3O/c1-15(2,3)19-10-11(9-18-19)8-17-12-5-6-13(16)14(7-12)20-4/h5-7,9-10,17H,8H2,1-4H3. The van der Waals surface area contributed by atoms with Crippen molar-refractivity contribution in [1.82, 2.24) is 9.78 Å². The Morgan fingerprint density at radius 3 is 2.70 bits per heavy atom. The van der Waals surface area contributed by atoms with Crippen LogP contribution >= 0.6 is 11.6 Å². The van der Waals surface area contributed by atoms with E-state index in [4.69, 9.17) is 16.3 Å². The maximum absolute atomic E-state index is 6.00. The summed E-state index contributed by atoms with van der Waals surface area (Å²) in [5, 5.41) is 8.32. The van der Waals surface area contributed by atoms with Crippen LogP contribution in [-0.4, -0.2) is 16.9 Å². The van der Waals surface area contributed by atoms with Gasteiger partial charge in [-0.05, 0) is 32.9 Å². The fourth-order valence-electron chi connectivity index (χ4n) is 1.79. The predicted octanol–water partition coefficient (Wildman–Crippen LogP) is 3.91. The molecule has 0 unspecified atom stereocenters. The van der Waals surface area contributed by atoms with E-state index in [-0.39, 0.29) is 5.54 Å². The minimum Gasteiger partial charge on any atom is -0.495 e. The molecule has 0 fully saturated rings. The SMILES string of the molecule is COc1cc(NCc2cnn(C(C)(C)C)c2)ccc1Cl. The van der Waals surface area contributed by atoms with Crippen molar-refractivity contribution in [2.24, 2.45) is 0 Å². The van der Waals surface area contributed by atoms with Gasteiger partial charge in [0.25, 0.3) is 0 Å². The molecule has 0 atom stereocenters. The first-order valence-electron chi connectivity index (χ1n) is 6.51. The van der Waals surface area contributed by atoms with Crippen LogP contribution in [-0.2, 0) is 12.1 Å². The van der Waals surface area contributed by atoms with Gasteiger partial charge in [-0.1, -0.05) is 11.6 Å². The number of methoxy groups -OCH3 is 1. The highest BCUT2D eigenvalue weighted by atomic mass is 35.5. The second-order valence-corrected chi connectivity index (χ2v) is 6.07. The molecule has 0 aliphatic rings. The molecule has 20 heavy (non-hydrogen) atoms. The van der Waals surface area contributed by atoms with Crippen molar-refractivity contribution in [2.45, 2.75) is 32.9 Å². The molecular formula is C15H20ClN3O. The summed E-state index contributed by atoms with van der Waals surface area (Å²) in [5.41, 5.74) is 2.10. The molecule has 0 saturated carbocycles. The number of aromatic nitrogens is 2. The molecule has 2 rings (SSSR count). The Bertz CT molecular complexity index is 587. The normalized spacial score (nSPS) is 11.4. The summed E-state index contributed by atoms with van der Waals surface area (Å²) in [4.78, 5) is 0. The zero-order valence-electron chi connectivity index (χ0n) is 12.3. The lowest BCUT2D eigenvalue weighted by molar-refractivity contribution is 0.355. The van der Waals surface area contributed by atoms with Gasteiger partial charge in [-0.2, -0.15) is 5.10 Å². The molecule has 0 spiro atoms. The van der Waals surface area contributed by atoms with Gasteiger partial charge in [0.15, 0.2) is 0 Å². The lowest BCUT2D eigenvalue weighted by atomic mass is 10.1. The molecule has 0 saturated heterocycles. The van der Waals surface area contributed by atoms with Crippen LogP contribution in [0.15, 0.2) is 30.6 Å². The highest BCUT2D eigenvalue weighted by molar-refractivity contribution is 6.32. The average Bonchev–Trinajstić information content (AvgIpc) is 2.86. The zero-order valence-corrected chi connectivity index (χ0v) is 13.0. The third-order valence-corrected chi connectivity index (χ3v) is 3.28. The second-order valence-electron chi connectivity index (χ2n) is 5.67. The van der Waals surface area contributed by atoms with Gasteiger partial charge in [0, 0.05) is 30.1 Å². The largest absolute Gasteiger partial charge is 0.495 e. The molecule has 108 valence electrons. The molecule has 0 aliphatic carbocycles. The van der Waals surface area contributed by atoms with Gasteiger partial charge < -0.3 is 10.1 Å². The molecular weight excluding hydrogens is 274 g/mol. The maximum atomic E-state index is 6.00. The Hall–Kier alpha value is -1.68. The van der Waals surface area contributed by atoms with Crippen molar-refractivity contribution in [3.63, 3.8) is 0 Å². The van der Waals surface area contributed by atoms with E-state index < -0.39 is 0 Å². The number of nitrogens with one attached hydrogen (secondary N) is 1. The van der Waals surface area contributed by atoms with Crippen LogP contribution in [0.5, 0.6) is 5.75 Å². The van der Waals surface area contributed by atoms with Crippen LogP contribution < -0.4 is 10.1 Å². The van der Waals surface area contributed by atoms with Crippen LogP contribution in [0.1, 0.15) is 26.3 Å². The monoisotopic (exact) mass is 293 g/mol. The van der Waals surface area contributed by atoms with E-state index in [2.05, 4.69) is 37.4 Å². The van der Waals surface area contributed by atoms with Crippen LogP contribution in [0.3, 0.4) is 0 Å². The molecule has 4 nitrogen and oxygen atoms in total. The van der Waals surface area contributed by atoms with Gasteiger partial charge in [0.2, 0.25) is 0 Å². The van der Waals surface area contributed by atoms with Gasteiger partial charge in [-0.25, -0.2) is 0 Å². The predicted molar refractivity (Wildman–Crippen MR) is 82.6 cm³/mol. The van der Waals surface area contributed by atoms with Gasteiger partial charge in [-0.3, -0.25) is 4.68 Å². The minimum atomic E-state index is 0.00173. The Kier molecular flexibility index (Phi) is 4.23. The average molecular weight is 294 g/mol. The summed E-state index contributed by atoms with van der Waals surface area (Å²) in [7, 11) is 1.61. The van der Waals surface area contributed by atoms with E-state index >= 15 is 0 Å². The fourth-order valence-corrected chi connectivity index (χ4v) is 1.99. The molecule has 2 aromatic rings. The summed E-state index contributed by atoms with van der Waals surface area (Å²) in [5.74, 6) is 0.669. The summed E-state index contributed by atoms with van der Waals surface area (Å²) in [6.07, 6.45) is 3.94. The lowest BCUT2D eigenvalue weighted by Crippen LogP contribution is -2.21. The van der Waals surface area contributed by atoms with E-state index in [0.29, 0.717) is 17.3 Å². The van der Waals surface area contributed by atoms with Crippen LogP contribution in [0, 0.1) is 0 Å². The molecule has 0 radical (unpaired) electrons. The number of benzene rings is 1. The molecule has 0 bridgehead atoms. The number of nitrogens with zero attached hydrogens (tertiary/aromatic N) is 2. The third-order valence-electron chi connectivity index (χ3n) is 2.97. The van der Waals surface area contributed by atoms with E-state index in [1.54, 1.807) is 7.11 Å². The van der Waals surface area contributed by atoms with Gasteiger partial charge in [0.05, 0.1) is 23.9 Å². The Morgan fingerprint density at radius 1 is 1.35 bits per heavy atom. The summed E-state index contributed by atoms with van der Waals surface area (Å²) in [6, 6.07) is 5.64.